The molecular weight excluding hydrogens is 300 g/mol. The summed E-state index contributed by atoms with van der Waals surface area (Å²) in [4.78, 5) is 23.8. The average Bonchev–Trinajstić information content (AvgIpc) is 2.52. The normalized spacial score (nSPS) is 17.0. The lowest BCUT2D eigenvalue weighted by Crippen LogP contribution is -2.40. The topological polar surface area (TPSA) is 58.1 Å². The zero-order valence-electron chi connectivity index (χ0n) is 16.2. The second kappa shape index (κ2) is 6.69. The second-order valence-corrected chi connectivity index (χ2v) is 8.81. The van der Waals surface area contributed by atoms with E-state index < -0.39 is 0 Å². The maximum absolute atomic E-state index is 11.8. The van der Waals surface area contributed by atoms with E-state index in [9.17, 15) is 4.79 Å². The van der Waals surface area contributed by atoms with Gasteiger partial charge in [-0.15, -0.1) is 0 Å². The van der Waals surface area contributed by atoms with Gasteiger partial charge in [0.2, 0.25) is 5.91 Å². The molecule has 0 spiro atoms. The van der Waals surface area contributed by atoms with Gasteiger partial charge in [-0.25, -0.2) is 9.97 Å². The van der Waals surface area contributed by atoms with Gasteiger partial charge in [-0.2, -0.15) is 0 Å². The molecule has 134 valence electrons. The SMILES string of the molecule is CNC(=O)C1CCN(c2cc(C(C)(C)C)nc(C(C)(C)C)n2)CC1. The van der Waals surface area contributed by atoms with Gasteiger partial charge in [0.1, 0.15) is 11.6 Å². The second-order valence-electron chi connectivity index (χ2n) is 8.81. The molecule has 1 N–H and O–H groups in total. The highest BCUT2D eigenvalue weighted by Gasteiger charge is 2.28. The molecule has 5 nitrogen and oxygen atoms in total. The summed E-state index contributed by atoms with van der Waals surface area (Å²) in [6, 6.07) is 2.12. The molecular formula is C19H32N4O. The van der Waals surface area contributed by atoms with Crippen molar-refractivity contribution in [1.29, 1.82) is 0 Å². The number of rotatable bonds is 2. The van der Waals surface area contributed by atoms with E-state index in [1.807, 2.05) is 0 Å². The summed E-state index contributed by atoms with van der Waals surface area (Å²) in [5.41, 5.74) is 0.972. The maximum Gasteiger partial charge on any atom is 0.222 e. The van der Waals surface area contributed by atoms with Crippen LogP contribution in [0.15, 0.2) is 6.07 Å². The molecule has 24 heavy (non-hydrogen) atoms. The number of hydrogen-bond acceptors (Lipinski definition) is 4. The minimum Gasteiger partial charge on any atom is -0.359 e. The summed E-state index contributed by atoms with van der Waals surface area (Å²) in [5.74, 6) is 2.16. The van der Waals surface area contributed by atoms with Gasteiger partial charge in [0.25, 0.3) is 0 Å². The van der Waals surface area contributed by atoms with Crippen LogP contribution in [0, 0.1) is 5.92 Å². The number of carbonyl (C=O) groups excluding carboxylic acids is 1. The van der Waals surface area contributed by atoms with Crippen molar-refractivity contribution >= 4 is 11.7 Å². The number of nitrogens with one attached hydrogen (secondary N) is 1. The highest BCUT2D eigenvalue weighted by Crippen LogP contribution is 2.30. The number of amides is 1. The Morgan fingerprint density at radius 2 is 1.67 bits per heavy atom. The smallest absolute Gasteiger partial charge is 0.222 e. The highest BCUT2D eigenvalue weighted by atomic mass is 16.1. The monoisotopic (exact) mass is 332 g/mol. The number of nitrogens with zero attached hydrogens (tertiary/aromatic N) is 3. The first-order valence-corrected chi connectivity index (χ1v) is 8.89. The van der Waals surface area contributed by atoms with Crippen molar-refractivity contribution in [2.75, 3.05) is 25.0 Å². The molecule has 0 atom stereocenters. The van der Waals surface area contributed by atoms with Gasteiger partial charge in [0.05, 0.1) is 5.69 Å². The predicted octanol–water partition coefficient (Wildman–Crippen LogP) is 3.03. The van der Waals surface area contributed by atoms with Crippen LogP contribution in [0.3, 0.4) is 0 Å². The van der Waals surface area contributed by atoms with E-state index in [2.05, 4.69) is 57.8 Å². The van der Waals surface area contributed by atoms with Crippen molar-refractivity contribution in [3.63, 3.8) is 0 Å². The third-order valence-electron chi connectivity index (χ3n) is 4.59. The predicted molar refractivity (Wildman–Crippen MR) is 98.4 cm³/mol. The minimum absolute atomic E-state index is 0.0158. The van der Waals surface area contributed by atoms with Crippen molar-refractivity contribution < 1.29 is 4.79 Å². The molecule has 1 fully saturated rings. The first-order valence-electron chi connectivity index (χ1n) is 8.89. The summed E-state index contributed by atoms with van der Waals surface area (Å²) < 4.78 is 0. The Hall–Kier alpha value is -1.65. The molecule has 1 amide bonds. The Balaban J connectivity index is 2.29. The number of piperidine rings is 1. The zero-order chi connectivity index (χ0) is 18.1. The summed E-state index contributed by atoms with van der Waals surface area (Å²) in [6.45, 7) is 14.7. The molecule has 1 aliphatic heterocycles. The summed E-state index contributed by atoms with van der Waals surface area (Å²) in [6.07, 6.45) is 1.75. The first-order chi connectivity index (χ1) is 11.0. The molecule has 0 saturated carbocycles. The van der Waals surface area contributed by atoms with E-state index >= 15 is 0 Å². The van der Waals surface area contributed by atoms with Crippen LogP contribution in [0.2, 0.25) is 0 Å². The van der Waals surface area contributed by atoms with Crippen molar-refractivity contribution in [2.45, 2.75) is 65.2 Å². The summed E-state index contributed by atoms with van der Waals surface area (Å²) >= 11 is 0. The van der Waals surface area contributed by atoms with Crippen LogP contribution in [-0.2, 0) is 15.6 Å². The Bertz CT molecular complexity index is 558. The molecule has 0 aromatic carbocycles. The number of aromatic nitrogens is 2. The largest absolute Gasteiger partial charge is 0.359 e. The summed E-state index contributed by atoms with van der Waals surface area (Å²) in [5, 5.41) is 2.76. The van der Waals surface area contributed by atoms with E-state index in [0.29, 0.717) is 0 Å². The molecule has 0 unspecified atom stereocenters. The van der Waals surface area contributed by atoms with Crippen LogP contribution in [0.5, 0.6) is 0 Å². The lowest BCUT2D eigenvalue weighted by Gasteiger charge is -2.33. The Morgan fingerprint density at radius 1 is 1.08 bits per heavy atom. The molecule has 1 aromatic rings. The van der Waals surface area contributed by atoms with E-state index in [-0.39, 0.29) is 22.7 Å². The van der Waals surface area contributed by atoms with E-state index in [1.165, 1.54) is 0 Å². The molecule has 5 heteroatoms. The standard InChI is InChI=1S/C19H32N4O/c1-18(2,3)14-12-15(22-17(21-14)19(4,5)6)23-10-8-13(9-11-23)16(24)20-7/h12-13H,8-11H2,1-7H3,(H,20,24). The van der Waals surface area contributed by atoms with Gasteiger partial charge in [0.15, 0.2) is 0 Å². The van der Waals surface area contributed by atoms with Crippen LogP contribution in [0.1, 0.15) is 65.9 Å². The minimum atomic E-state index is -0.0869. The third-order valence-corrected chi connectivity index (χ3v) is 4.59. The van der Waals surface area contributed by atoms with Crippen molar-refractivity contribution in [3.8, 4) is 0 Å². The van der Waals surface area contributed by atoms with Crippen LogP contribution < -0.4 is 10.2 Å². The van der Waals surface area contributed by atoms with Crippen LogP contribution in [0.4, 0.5) is 5.82 Å². The van der Waals surface area contributed by atoms with Crippen LogP contribution >= 0.6 is 0 Å². The Kier molecular flexibility index (Phi) is 5.21. The molecule has 0 radical (unpaired) electrons. The molecule has 2 rings (SSSR count). The van der Waals surface area contributed by atoms with Crippen LogP contribution in [0.25, 0.3) is 0 Å². The average molecular weight is 332 g/mol. The lowest BCUT2D eigenvalue weighted by molar-refractivity contribution is -0.125. The number of carbonyl (C=O) groups is 1. The molecule has 1 aromatic heterocycles. The first kappa shape index (κ1) is 18.7. The lowest BCUT2D eigenvalue weighted by atomic mass is 9.90. The third kappa shape index (κ3) is 4.25. The van der Waals surface area contributed by atoms with E-state index in [0.717, 1.165) is 43.3 Å². The number of hydrogen-bond donors (Lipinski definition) is 1. The van der Waals surface area contributed by atoms with Gasteiger partial charge < -0.3 is 10.2 Å². The van der Waals surface area contributed by atoms with Gasteiger partial charge in [-0.05, 0) is 12.8 Å². The molecule has 1 aliphatic rings. The van der Waals surface area contributed by atoms with Crippen molar-refractivity contribution in [3.05, 3.63) is 17.6 Å². The quantitative estimate of drug-likeness (QED) is 0.904. The fourth-order valence-electron chi connectivity index (χ4n) is 2.89. The zero-order valence-corrected chi connectivity index (χ0v) is 16.2. The molecule has 0 bridgehead atoms. The van der Waals surface area contributed by atoms with Crippen molar-refractivity contribution in [1.82, 2.24) is 15.3 Å². The van der Waals surface area contributed by atoms with Gasteiger partial charge in [0, 0.05) is 43.0 Å². The van der Waals surface area contributed by atoms with Gasteiger partial charge in [-0.1, -0.05) is 41.5 Å². The summed E-state index contributed by atoms with van der Waals surface area (Å²) in [7, 11) is 1.71. The molecule has 2 heterocycles. The fraction of sp³-hybridized carbons (Fsp3) is 0.737. The highest BCUT2D eigenvalue weighted by molar-refractivity contribution is 5.78. The Labute approximate surface area is 146 Å². The maximum atomic E-state index is 11.8. The van der Waals surface area contributed by atoms with Gasteiger partial charge in [-0.3, -0.25) is 4.79 Å². The van der Waals surface area contributed by atoms with E-state index in [1.54, 1.807) is 7.05 Å². The number of anilines is 1. The van der Waals surface area contributed by atoms with E-state index in [4.69, 9.17) is 9.97 Å². The fourth-order valence-corrected chi connectivity index (χ4v) is 2.89. The molecule has 0 aliphatic carbocycles. The molecule has 1 saturated heterocycles. The Morgan fingerprint density at radius 3 is 2.12 bits per heavy atom. The van der Waals surface area contributed by atoms with Crippen molar-refractivity contribution in [2.24, 2.45) is 5.92 Å². The van der Waals surface area contributed by atoms with Crippen LogP contribution in [-0.4, -0.2) is 36.0 Å². The van der Waals surface area contributed by atoms with Gasteiger partial charge >= 0.3 is 0 Å².